The van der Waals surface area contributed by atoms with Crippen LogP contribution in [0.3, 0.4) is 0 Å². The van der Waals surface area contributed by atoms with E-state index in [9.17, 15) is 9.90 Å². The molecule has 0 heterocycles. The van der Waals surface area contributed by atoms with E-state index in [1.165, 1.54) is 0 Å². The molecular formula is C16H23NO3S. The molecule has 0 aliphatic heterocycles. The van der Waals surface area contributed by atoms with Gasteiger partial charge in [-0.05, 0) is 24.8 Å². The summed E-state index contributed by atoms with van der Waals surface area (Å²) in [5.74, 6) is -0.367. The standard InChI is InChI=1S/C16H23NO3S/c1-12(9-10-18)21-11-16(15(19)20,17-14-7-8-14)13-5-3-2-4-6-13/h2-6,12,14,17-18H,7-11H2,1H3,(H,19,20). The second-order valence-corrected chi connectivity index (χ2v) is 7.06. The van der Waals surface area contributed by atoms with Crippen LogP contribution in [0.15, 0.2) is 30.3 Å². The van der Waals surface area contributed by atoms with Gasteiger partial charge in [0.25, 0.3) is 0 Å². The third-order valence-corrected chi connectivity index (χ3v) is 5.18. The molecule has 0 spiro atoms. The quantitative estimate of drug-likeness (QED) is 0.652. The minimum Gasteiger partial charge on any atom is -0.480 e. The first-order valence-corrected chi connectivity index (χ1v) is 8.42. The highest BCUT2D eigenvalue weighted by Gasteiger charge is 2.44. The summed E-state index contributed by atoms with van der Waals surface area (Å²) in [4.78, 5) is 12.0. The van der Waals surface area contributed by atoms with Crippen LogP contribution >= 0.6 is 11.8 Å². The van der Waals surface area contributed by atoms with Crippen LogP contribution in [-0.2, 0) is 10.3 Å². The van der Waals surface area contributed by atoms with Crippen LogP contribution in [0.1, 0.15) is 31.7 Å². The van der Waals surface area contributed by atoms with E-state index in [0.29, 0.717) is 18.2 Å². The van der Waals surface area contributed by atoms with Gasteiger partial charge in [-0.1, -0.05) is 37.3 Å². The Morgan fingerprint density at radius 2 is 2.10 bits per heavy atom. The molecular weight excluding hydrogens is 286 g/mol. The molecule has 0 aromatic heterocycles. The molecule has 4 nitrogen and oxygen atoms in total. The summed E-state index contributed by atoms with van der Waals surface area (Å²) >= 11 is 1.60. The van der Waals surface area contributed by atoms with Crippen LogP contribution in [0.25, 0.3) is 0 Å². The number of aliphatic hydroxyl groups excluding tert-OH is 1. The average molecular weight is 309 g/mol. The molecule has 21 heavy (non-hydrogen) atoms. The van der Waals surface area contributed by atoms with E-state index in [1.54, 1.807) is 11.8 Å². The van der Waals surface area contributed by atoms with Crippen molar-refractivity contribution in [2.75, 3.05) is 12.4 Å². The van der Waals surface area contributed by atoms with Gasteiger partial charge in [0.1, 0.15) is 0 Å². The SMILES string of the molecule is CC(CCO)SCC(NC1CC1)(C(=O)O)c1ccccc1. The zero-order valence-electron chi connectivity index (χ0n) is 12.3. The van der Waals surface area contributed by atoms with E-state index >= 15 is 0 Å². The minimum absolute atomic E-state index is 0.135. The van der Waals surface area contributed by atoms with Gasteiger partial charge in [-0.2, -0.15) is 11.8 Å². The Hall–Kier alpha value is -1.04. The Kier molecular flexibility index (Phi) is 5.67. The van der Waals surface area contributed by atoms with Gasteiger partial charge in [0.15, 0.2) is 5.54 Å². The van der Waals surface area contributed by atoms with Crippen LogP contribution in [0, 0.1) is 0 Å². The first kappa shape index (κ1) is 16.3. The predicted molar refractivity (Wildman–Crippen MR) is 85.5 cm³/mol. The fourth-order valence-corrected chi connectivity index (χ4v) is 3.47. The van der Waals surface area contributed by atoms with E-state index in [4.69, 9.17) is 5.11 Å². The van der Waals surface area contributed by atoms with Crippen molar-refractivity contribution in [2.24, 2.45) is 0 Å². The van der Waals surface area contributed by atoms with Gasteiger partial charge < -0.3 is 10.2 Å². The smallest absolute Gasteiger partial charge is 0.329 e. The summed E-state index contributed by atoms with van der Waals surface area (Å²) in [5.41, 5.74) is -0.246. The second kappa shape index (κ2) is 7.29. The molecule has 1 aliphatic carbocycles. The molecule has 2 rings (SSSR count). The number of carboxylic acids is 1. The van der Waals surface area contributed by atoms with Gasteiger partial charge in [-0.15, -0.1) is 0 Å². The Bertz CT molecular complexity index is 464. The maximum absolute atomic E-state index is 12.0. The Morgan fingerprint density at radius 3 is 2.62 bits per heavy atom. The van der Waals surface area contributed by atoms with Crippen LogP contribution in [0.5, 0.6) is 0 Å². The number of nitrogens with one attached hydrogen (secondary N) is 1. The van der Waals surface area contributed by atoms with E-state index in [-0.39, 0.29) is 11.9 Å². The minimum atomic E-state index is -1.04. The van der Waals surface area contributed by atoms with Crippen molar-refractivity contribution in [3.05, 3.63) is 35.9 Å². The van der Waals surface area contributed by atoms with Crippen molar-refractivity contribution in [2.45, 2.75) is 43.0 Å². The van der Waals surface area contributed by atoms with Gasteiger partial charge in [0, 0.05) is 23.7 Å². The highest BCUT2D eigenvalue weighted by atomic mass is 32.2. The monoisotopic (exact) mass is 309 g/mol. The number of hydrogen-bond acceptors (Lipinski definition) is 4. The maximum atomic E-state index is 12.0. The average Bonchev–Trinajstić information content (AvgIpc) is 3.28. The highest BCUT2D eigenvalue weighted by Crippen LogP contribution is 2.33. The summed E-state index contributed by atoms with van der Waals surface area (Å²) in [5, 5.41) is 22.4. The molecule has 0 radical (unpaired) electrons. The molecule has 1 fully saturated rings. The maximum Gasteiger partial charge on any atom is 0.329 e. The number of carboxylic acid groups (broad SMARTS) is 1. The Labute approximate surface area is 129 Å². The normalized spacial score (nSPS) is 19.0. The van der Waals surface area contributed by atoms with Crippen molar-refractivity contribution in [1.29, 1.82) is 0 Å². The molecule has 3 N–H and O–H groups in total. The topological polar surface area (TPSA) is 69.6 Å². The van der Waals surface area contributed by atoms with Crippen LogP contribution < -0.4 is 5.32 Å². The third kappa shape index (κ3) is 4.22. The molecule has 2 atom stereocenters. The fourth-order valence-electron chi connectivity index (χ4n) is 2.29. The number of hydrogen-bond donors (Lipinski definition) is 3. The summed E-state index contributed by atoms with van der Waals surface area (Å²) in [6.07, 6.45) is 2.76. The summed E-state index contributed by atoms with van der Waals surface area (Å²) in [6, 6.07) is 9.71. The number of carbonyl (C=O) groups is 1. The molecule has 0 saturated heterocycles. The molecule has 116 valence electrons. The number of aliphatic hydroxyl groups is 1. The zero-order valence-corrected chi connectivity index (χ0v) is 13.1. The molecule has 1 aliphatic rings. The number of rotatable bonds is 9. The first-order chi connectivity index (χ1) is 10.1. The Balaban J connectivity index is 2.20. The Morgan fingerprint density at radius 1 is 1.43 bits per heavy atom. The van der Waals surface area contributed by atoms with E-state index in [0.717, 1.165) is 18.4 Å². The van der Waals surface area contributed by atoms with Gasteiger partial charge >= 0.3 is 5.97 Å². The lowest BCUT2D eigenvalue weighted by Gasteiger charge is -2.32. The zero-order chi connectivity index (χ0) is 15.3. The van der Waals surface area contributed by atoms with Crippen molar-refractivity contribution < 1.29 is 15.0 Å². The molecule has 1 aromatic rings. The lowest BCUT2D eigenvalue weighted by Crippen LogP contribution is -2.52. The van der Waals surface area contributed by atoms with E-state index in [2.05, 4.69) is 5.32 Å². The molecule has 5 heteroatoms. The van der Waals surface area contributed by atoms with Crippen molar-refractivity contribution in [3.63, 3.8) is 0 Å². The van der Waals surface area contributed by atoms with Crippen LogP contribution in [0.4, 0.5) is 0 Å². The van der Waals surface area contributed by atoms with Gasteiger partial charge in [-0.25, -0.2) is 4.79 Å². The fraction of sp³-hybridized carbons (Fsp3) is 0.562. The number of aliphatic carboxylic acids is 1. The summed E-state index contributed by atoms with van der Waals surface area (Å²) in [6.45, 7) is 2.16. The highest BCUT2D eigenvalue weighted by molar-refractivity contribution is 7.99. The van der Waals surface area contributed by atoms with Crippen molar-refractivity contribution >= 4 is 17.7 Å². The third-order valence-electron chi connectivity index (χ3n) is 3.78. The molecule has 0 amide bonds. The molecule has 1 aromatic carbocycles. The number of thioether (sulfide) groups is 1. The lowest BCUT2D eigenvalue weighted by atomic mass is 9.91. The molecule has 1 saturated carbocycles. The summed E-state index contributed by atoms with van der Waals surface area (Å²) < 4.78 is 0. The summed E-state index contributed by atoms with van der Waals surface area (Å²) in [7, 11) is 0. The molecule has 2 unspecified atom stereocenters. The predicted octanol–water partition coefficient (Wildman–Crippen LogP) is 2.22. The van der Waals surface area contributed by atoms with E-state index in [1.807, 2.05) is 37.3 Å². The molecule has 0 bridgehead atoms. The van der Waals surface area contributed by atoms with Crippen LogP contribution in [0.2, 0.25) is 0 Å². The van der Waals surface area contributed by atoms with Crippen molar-refractivity contribution in [3.8, 4) is 0 Å². The largest absolute Gasteiger partial charge is 0.480 e. The van der Waals surface area contributed by atoms with Crippen LogP contribution in [-0.4, -0.2) is 39.8 Å². The number of benzene rings is 1. The van der Waals surface area contributed by atoms with Gasteiger partial charge in [0.2, 0.25) is 0 Å². The van der Waals surface area contributed by atoms with E-state index < -0.39 is 11.5 Å². The first-order valence-electron chi connectivity index (χ1n) is 7.37. The van der Waals surface area contributed by atoms with Gasteiger partial charge in [-0.3, -0.25) is 5.32 Å². The van der Waals surface area contributed by atoms with Crippen molar-refractivity contribution in [1.82, 2.24) is 5.32 Å². The van der Waals surface area contributed by atoms with Gasteiger partial charge in [0.05, 0.1) is 0 Å². The second-order valence-electron chi connectivity index (χ2n) is 5.63. The lowest BCUT2D eigenvalue weighted by molar-refractivity contribution is -0.144.